The molecule has 0 spiro atoms. The van der Waals surface area contributed by atoms with E-state index in [0.717, 1.165) is 6.42 Å². The van der Waals surface area contributed by atoms with Crippen molar-refractivity contribution in [2.24, 2.45) is 5.41 Å². The van der Waals surface area contributed by atoms with Gasteiger partial charge >= 0.3 is 5.97 Å². The maximum absolute atomic E-state index is 12.2. The van der Waals surface area contributed by atoms with Gasteiger partial charge in [-0.15, -0.1) is 0 Å². The molecule has 0 bridgehead atoms. The average Bonchev–Trinajstić information content (AvgIpc) is 2.36. The molecule has 1 saturated carbocycles. The van der Waals surface area contributed by atoms with Crippen molar-refractivity contribution < 1.29 is 14.7 Å². The van der Waals surface area contributed by atoms with Gasteiger partial charge in [-0.1, -0.05) is 13.3 Å². The van der Waals surface area contributed by atoms with Crippen molar-refractivity contribution in [1.29, 1.82) is 0 Å². The van der Waals surface area contributed by atoms with Crippen molar-refractivity contribution in [3.8, 4) is 0 Å². The predicted octanol–water partition coefficient (Wildman–Crippen LogP) is 1.33. The molecule has 6 heteroatoms. The number of aryl methyl sites for hydroxylation is 2. The number of carboxylic acid groups (broad SMARTS) is 1. The van der Waals surface area contributed by atoms with Gasteiger partial charge in [-0.25, -0.2) is 0 Å². The van der Waals surface area contributed by atoms with E-state index in [9.17, 15) is 14.7 Å². The maximum Gasteiger partial charge on any atom is 0.311 e. The van der Waals surface area contributed by atoms with Crippen molar-refractivity contribution in [3.63, 3.8) is 0 Å². The van der Waals surface area contributed by atoms with Gasteiger partial charge in [-0.2, -0.15) is 10.2 Å². The number of rotatable bonds is 5. The van der Waals surface area contributed by atoms with Gasteiger partial charge in [0, 0.05) is 6.54 Å². The molecule has 1 aliphatic carbocycles. The summed E-state index contributed by atoms with van der Waals surface area (Å²) >= 11 is 0. The summed E-state index contributed by atoms with van der Waals surface area (Å²) in [5, 5.41) is 19.9. The second-order valence-corrected chi connectivity index (χ2v) is 5.32. The van der Waals surface area contributed by atoms with Crippen LogP contribution < -0.4 is 5.32 Å². The molecule has 0 unspecified atom stereocenters. The van der Waals surface area contributed by atoms with Crippen molar-refractivity contribution in [3.05, 3.63) is 23.0 Å². The van der Waals surface area contributed by atoms with Crippen LogP contribution in [0.15, 0.2) is 6.07 Å². The fourth-order valence-electron chi connectivity index (χ4n) is 2.39. The summed E-state index contributed by atoms with van der Waals surface area (Å²) in [6, 6.07) is 1.69. The first-order chi connectivity index (χ1) is 9.48. The summed E-state index contributed by atoms with van der Waals surface area (Å²) in [5.74, 6) is -1.10. The van der Waals surface area contributed by atoms with Gasteiger partial charge in [0.2, 0.25) is 0 Å². The van der Waals surface area contributed by atoms with Gasteiger partial charge in [-0.3, -0.25) is 9.59 Å². The fourth-order valence-corrected chi connectivity index (χ4v) is 2.39. The zero-order chi connectivity index (χ0) is 14.8. The summed E-state index contributed by atoms with van der Waals surface area (Å²) < 4.78 is 0. The standard InChI is InChI=1S/C14H19N3O3/c1-3-11-10(7-9(2)16-17-11)12(18)15-8-14(13(19)20)5-4-6-14/h7H,3-6,8H2,1-2H3,(H,15,18)(H,19,20). The van der Waals surface area contributed by atoms with Crippen LogP contribution in [0.3, 0.4) is 0 Å². The molecule has 1 amide bonds. The maximum atomic E-state index is 12.2. The highest BCUT2D eigenvalue weighted by molar-refractivity contribution is 5.95. The molecule has 1 fully saturated rings. The lowest BCUT2D eigenvalue weighted by atomic mass is 9.69. The summed E-state index contributed by atoms with van der Waals surface area (Å²) in [5.41, 5.74) is 1.01. The van der Waals surface area contributed by atoms with Crippen LogP contribution in [0.25, 0.3) is 0 Å². The molecule has 0 saturated heterocycles. The second-order valence-electron chi connectivity index (χ2n) is 5.32. The molecule has 0 aliphatic heterocycles. The first-order valence-electron chi connectivity index (χ1n) is 6.83. The zero-order valence-electron chi connectivity index (χ0n) is 11.8. The first-order valence-corrected chi connectivity index (χ1v) is 6.83. The minimum Gasteiger partial charge on any atom is -0.481 e. The Kier molecular flexibility index (Phi) is 4.01. The summed E-state index contributed by atoms with van der Waals surface area (Å²) in [6.45, 7) is 3.85. The smallest absolute Gasteiger partial charge is 0.311 e. The highest BCUT2D eigenvalue weighted by Gasteiger charge is 2.44. The van der Waals surface area contributed by atoms with Gasteiger partial charge in [-0.05, 0) is 32.3 Å². The summed E-state index contributed by atoms with van der Waals surface area (Å²) in [7, 11) is 0. The van der Waals surface area contributed by atoms with Gasteiger partial charge < -0.3 is 10.4 Å². The van der Waals surface area contributed by atoms with E-state index in [4.69, 9.17) is 0 Å². The van der Waals surface area contributed by atoms with E-state index in [1.165, 1.54) is 0 Å². The second kappa shape index (κ2) is 5.56. The number of carboxylic acids is 1. The fraction of sp³-hybridized carbons (Fsp3) is 0.571. The lowest BCUT2D eigenvalue weighted by molar-refractivity contribution is -0.153. The van der Waals surface area contributed by atoms with E-state index < -0.39 is 11.4 Å². The Balaban J connectivity index is 2.09. The van der Waals surface area contributed by atoms with E-state index in [0.29, 0.717) is 36.2 Å². The Hall–Kier alpha value is -1.98. The van der Waals surface area contributed by atoms with Crippen molar-refractivity contribution in [1.82, 2.24) is 15.5 Å². The summed E-state index contributed by atoms with van der Waals surface area (Å²) in [6.07, 6.45) is 2.76. The largest absolute Gasteiger partial charge is 0.481 e. The molecule has 1 aromatic heterocycles. The molecule has 20 heavy (non-hydrogen) atoms. The molecule has 108 valence electrons. The third kappa shape index (κ3) is 2.64. The number of nitrogens with zero attached hydrogens (tertiary/aromatic N) is 2. The van der Waals surface area contributed by atoms with Gasteiger partial charge in [0.1, 0.15) is 0 Å². The van der Waals surface area contributed by atoms with Gasteiger partial charge in [0.15, 0.2) is 0 Å². The highest BCUT2D eigenvalue weighted by Crippen LogP contribution is 2.40. The zero-order valence-corrected chi connectivity index (χ0v) is 11.8. The van der Waals surface area contributed by atoms with E-state index in [1.807, 2.05) is 6.92 Å². The lowest BCUT2D eigenvalue weighted by Crippen LogP contribution is -2.47. The Morgan fingerprint density at radius 3 is 2.60 bits per heavy atom. The topological polar surface area (TPSA) is 92.2 Å². The average molecular weight is 277 g/mol. The number of carbonyl (C=O) groups is 2. The van der Waals surface area contributed by atoms with Crippen LogP contribution in [0.4, 0.5) is 0 Å². The first kappa shape index (κ1) is 14.4. The number of aromatic nitrogens is 2. The molecular formula is C14H19N3O3. The van der Waals surface area contributed by atoms with Gasteiger partial charge in [0.25, 0.3) is 5.91 Å². The predicted molar refractivity (Wildman–Crippen MR) is 72.4 cm³/mol. The molecule has 6 nitrogen and oxygen atoms in total. The van der Waals surface area contributed by atoms with Crippen molar-refractivity contribution in [2.45, 2.75) is 39.5 Å². The molecule has 1 aliphatic rings. The number of hydrogen-bond donors (Lipinski definition) is 2. The van der Waals surface area contributed by atoms with Crippen LogP contribution in [0.1, 0.15) is 47.9 Å². The lowest BCUT2D eigenvalue weighted by Gasteiger charge is -2.37. The van der Waals surface area contributed by atoms with Crippen LogP contribution in [-0.2, 0) is 11.2 Å². The SMILES string of the molecule is CCc1nnc(C)cc1C(=O)NCC1(C(=O)O)CCC1. The molecule has 0 atom stereocenters. The minimum atomic E-state index is -0.830. The third-order valence-electron chi connectivity index (χ3n) is 3.92. The Bertz CT molecular complexity index is 538. The van der Waals surface area contributed by atoms with E-state index in [2.05, 4.69) is 15.5 Å². The van der Waals surface area contributed by atoms with E-state index in [-0.39, 0.29) is 12.5 Å². The monoisotopic (exact) mass is 277 g/mol. The number of amides is 1. The quantitative estimate of drug-likeness (QED) is 0.847. The highest BCUT2D eigenvalue weighted by atomic mass is 16.4. The van der Waals surface area contributed by atoms with E-state index in [1.54, 1.807) is 13.0 Å². The molecule has 2 N–H and O–H groups in total. The van der Waals surface area contributed by atoms with Crippen LogP contribution in [0.5, 0.6) is 0 Å². The normalized spacial score (nSPS) is 16.3. The molecule has 0 aromatic carbocycles. The molecule has 2 rings (SSSR count). The van der Waals surface area contributed by atoms with Crippen LogP contribution in [0.2, 0.25) is 0 Å². The number of aliphatic carboxylic acids is 1. The number of hydrogen-bond acceptors (Lipinski definition) is 4. The Morgan fingerprint density at radius 1 is 1.40 bits per heavy atom. The van der Waals surface area contributed by atoms with Crippen LogP contribution >= 0.6 is 0 Å². The molecular weight excluding hydrogens is 258 g/mol. The molecule has 1 heterocycles. The molecule has 0 radical (unpaired) electrons. The van der Waals surface area contributed by atoms with Crippen LogP contribution in [0, 0.1) is 12.3 Å². The summed E-state index contributed by atoms with van der Waals surface area (Å²) in [4.78, 5) is 23.5. The molecule has 1 aromatic rings. The minimum absolute atomic E-state index is 0.172. The van der Waals surface area contributed by atoms with Crippen molar-refractivity contribution in [2.75, 3.05) is 6.54 Å². The van der Waals surface area contributed by atoms with Gasteiger partial charge in [0.05, 0.1) is 22.4 Å². The Labute approximate surface area is 117 Å². The Morgan fingerprint density at radius 2 is 2.10 bits per heavy atom. The number of carbonyl (C=O) groups excluding carboxylic acids is 1. The van der Waals surface area contributed by atoms with E-state index >= 15 is 0 Å². The third-order valence-corrected chi connectivity index (χ3v) is 3.92. The number of nitrogens with one attached hydrogen (secondary N) is 1. The van der Waals surface area contributed by atoms with Crippen molar-refractivity contribution >= 4 is 11.9 Å². The van der Waals surface area contributed by atoms with Crippen LogP contribution in [-0.4, -0.2) is 33.7 Å².